The van der Waals surface area contributed by atoms with Crippen molar-refractivity contribution in [2.75, 3.05) is 33.2 Å². The molecule has 1 heterocycles. The fourth-order valence-electron chi connectivity index (χ4n) is 2.43. The molecule has 1 N–H and O–H groups in total. The summed E-state index contributed by atoms with van der Waals surface area (Å²) in [6, 6.07) is 6.13. The van der Waals surface area contributed by atoms with Crippen molar-refractivity contribution < 1.29 is 13.2 Å². The number of likely N-dealkylation sites (N-methyl/N-ethyl adjacent to an activating group) is 1. The highest BCUT2D eigenvalue weighted by molar-refractivity contribution is 7.89. The van der Waals surface area contributed by atoms with Crippen LogP contribution in [0.4, 0.5) is 0 Å². The van der Waals surface area contributed by atoms with Crippen molar-refractivity contribution in [2.24, 2.45) is 0 Å². The first-order valence-corrected chi connectivity index (χ1v) is 9.19. The monoisotopic (exact) mass is 339 g/mol. The Hall–Kier alpha value is -1.44. The molecular formula is C16H25N3O3S. The van der Waals surface area contributed by atoms with Crippen LogP contribution in [0.2, 0.25) is 0 Å². The van der Waals surface area contributed by atoms with E-state index in [1.807, 2.05) is 7.05 Å². The number of amides is 1. The van der Waals surface area contributed by atoms with Crippen molar-refractivity contribution >= 4 is 15.9 Å². The van der Waals surface area contributed by atoms with E-state index < -0.39 is 15.6 Å². The topological polar surface area (TPSA) is 69.7 Å². The van der Waals surface area contributed by atoms with Crippen LogP contribution in [0.3, 0.4) is 0 Å². The summed E-state index contributed by atoms with van der Waals surface area (Å²) in [5.74, 6) is -0.0502. The fraction of sp³-hybridized carbons (Fsp3) is 0.562. The maximum atomic E-state index is 12.4. The number of carbonyl (C=O) groups is 1. The molecule has 0 atom stereocenters. The lowest BCUT2D eigenvalue weighted by atomic mass is 10.1. The fourth-order valence-corrected chi connectivity index (χ4v) is 3.85. The van der Waals surface area contributed by atoms with Gasteiger partial charge < -0.3 is 9.80 Å². The molecule has 0 saturated carbocycles. The Labute approximate surface area is 138 Å². The van der Waals surface area contributed by atoms with Crippen molar-refractivity contribution in [3.63, 3.8) is 0 Å². The summed E-state index contributed by atoms with van der Waals surface area (Å²) >= 11 is 0. The first-order valence-electron chi connectivity index (χ1n) is 7.70. The highest BCUT2D eigenvalue weighted by Crippen LogP contribution is 2.15. The van der Waals surface area contributed by atoms with Crippen LogP contribution in [-0.2, 0) is 10.0 Å². The molecule has 1 aromatic carbocycles. The number of hydrogen-bond donors (Lipinski definition) is 1. The molecule has 6 nitrogen and oxygen atoms in total. The van der Waals surface area contributed by atoms with Crippen molar-refractivity contribution in [2.45, 2.75) is 31.2 Å². The lowest BCUT2D eigenvalue weighted by Gasteiger charge is -2.32. The zero-order valence-corrected chi connectivity index (χ0v) is 15.0. The zero-order valence-electron chi connectivity index (χ0n) is 14.2. The van der Waals surface area contributed by atoms with Crippen molar-refractivity contribution in [1.29, 1.82) is 0 Å². The molecule has 0 bridgehead atoms. The van der Waals surface area contributed by atoms with Crippen LogP contribution >= 0.6 is 0 Å². The molecule has 2 rings (SSSR count). The number of benzene rings is 1. The van der Waals surface area contributed by atoms with E-state index in [-0.39, 0.29) is 10.8 Å². The van der Waals surface area contributed by atoms with E-state index in [0.717, 1.165) is 13.1 Å². The number of nitrogens with one attached hydrogen (secondary N) is 1. The van der Waals surface area contributed by atoms with Crippen LogP contribution in [-0.4, -0.2) is 62.9 Å². The SMILES string of the molecule is CN1CCN(C(=O)c2ccc(S(=O)(=O)NC(C)(C)C)cc2)CC1. The molecule has 1 saturated heterocycles. The van der Waals surface area contributed by atoms with Gasteiger partial charge in [-0.15, -0.1) is 0 Å². The van der Waals surface area contributed by atoms with Crippen LogP contribution in [0.15, 0.2) is 29.2 Å². The lowest BCUT2D eigenvalue weighted by molar-refractivity contribution is 0.0664. The number of nitrogens with zero attached hydrogens (tertiary/aromatic N) is 2. The molecule has 7 heteroatoms. The number of sulfonamides is 1. The third-order valence-corrected chi connectivity index (χ3v) is 5.42. The van der Waals surface area contributed by atoms with E-state index in [2.05, 4.69) is 9.62 Å². The van der Waals surface area contributed by atoms with Gasteiger partial charge in [-0.25, -0.2) is 13.1 Å². The molecule has 0 aliphatic carbocycles. The van der Waals surface area contributed by atoms with Gasteiger partial charge in [0, 0.05) is 37.3 Å². The Morgan fingerprint density at radius 2 is 1.57 bits per heavy atom. The van der Waals surface area contributed by atoms with Gasteiger partial charge in [-0.05, 0) is 52.1 Å². The van der Waals surface area contributed by atoms with Gasteiger partial charge in [-0.1, -0.05) is 0 Å². The van der Waals surface area contributed by atoms with Crippen molar-refractivity contribution in [3.8, 4) is 0 Å². The predicted octanol–water partition coefficient (Wildman–Crippen LogP) is 1.15. The molecule has 1 aliphatic rings. The van der Waals surface area contributed by atoms with Gasteiger partial charge in [0.25, 0.3) is 5.91 Å². The quantitative estimate of drug-likeness (QED) is 0.897. The average molecular weight is 339 g/mol. The summed E-state index contributed by atoms with van der Waals surface area (Å²) in [5, 5.41) is 0. The smallest absolute Gasteiger partial charge is 0.253 e. The zero-order chi connectivity index (χ0) is 17.3. The normalized spacial score (nSPS) is 17.3. The van der Waals surface area contributed by atoms with Crippen LogP contribution in [0.5, 0.6) is 0 Å². The average Bonchev–Trinajstić information content (AvgIpc) is 2.45. The lowest BCUT2D eigenvalue weighted by Crippen LogP contribution is -2.47. The summed E-state index contributed by atoms with van der Waals surface area (Å²) in [7, 11) is -1.54. The number of piperazine rings is 1. The van der Waals surface area contributed by atoms with E-state index >= 15 is 0 Å². The predicted molar refractivity (Wildman–Crippen MR) is 89.9 cm³/mol. The molecule has 0 radical (unpaired) electrons. The number of rotatable bonds is 3. The Bertz CT molecular complexity index is 655. The summed E-state index contributed by atoms with van der Waals surface area (Å²) in [5.41, 5.74) is -0.0306. The second-order valence-electron chi connectivity index (χ2n) is 6.98. The molecule has 0 aromatic heterocycles. The van der Waals surface area contributed by atoms with Gasteiger partial charge in [0.2, 0.25) is 10.0 Å². The Balaban J connectivity index is 2.12. The third kappa shape index (κ3) is 4.76. The highest BCUT2D eigenvalue weighted by Gasteiger charge is 2.23. The molecule has 0 unspecified atom stereocenters. The van der Waals surface area contributed by atoms with Crippen LogP contribution in [0.1, 0.15) is 31.1 Å². The Morgan fingerprint density at radius 1 is 1.04 bits per heavy atom. The van der Waals surface area contributed by atoms with Gasteiger partial charge in [-0.3, -0.25) is 4.79 Å². The molecule has 1 aromatic rings. The molecule has 1 amide bonds. The van der Waals surface area contributed by atoms with Crippen molar-refractivity contribution in [3.05, 3.63) is 29.8 Å². The molecule has 23 heavy (non-hydrogen) atoms. The Kier molecular flexibility index (Phi) is 5.13. The minimum Gasteiger partial charge on any atom is -0.336 e. The summed E-state index contributed by atoms with van der Waals surface area (Å²) < 4.78 is 27.1. The van der Waals surface area contributed by atoms with Gasteiger partial charge in [0.05, 0.1) is 4.90 Å². The van der Waals surface area contributed by atoms with Gasteiger partial charge in [0.15, 0.2) is 0 Å². The Morgan fingerprint density at radius 3 is 2.04 bits per heavy atom. The minimum absolute atomic E-state index is 0.0502. The van der Waals surface area contributed by atoms with E-state index in [1.165, 1.54) is 12.1 Å². The van der Waals surface area contributed by atoms with Crippen LogP contribution in [0, 0.1) is 0 Å². The summed E-state index contributed by atoms with van der Waals surface area (Å²) in [6.45, 7) is 8.46. The summed E-state index contributed by atoms with van der Waals surface area (Å²) in [4.78, 5) is 16.6. The number of hydrogen-bond acceptors (Lipinski definition) is 4. The van der Waals surface area contributed by atoms with Crippen LogP contribution in [0.25, 0.3) is 0 Å². The first kappa shape index (κ1) is 17.9. The van der Waals surface area contributed by atoms with E-state index in [0.29, 0.717) is 18.7 Å². The maximum Gasteiger partial charge on any atom is 0.253 e. The minimum atomic E-state index is -3.57. The van der Waals surface area contributed by atoms with Gasteiger partial charge in [0.1, 0.15) is 0 Å². The maximum absolute atomic E-state index is 12.4. The van der Waals surface area contributed by atoms with Gasteiger partial charge >= 0.3 is 0 Å². The van der Waals surface area contributed by atoms with Crippen molar-refractivity contribution in [1.82, 2.24) is 14.5 Å². The molecule has 0 spiro atoms. The van der Waals surface area contributed by atoms with E-state index in [1.54, 1.807) is 37.8 Å². The van der Waals surface area contributed by atoms with E-state index in [4.69, 9.17) is 0 Å². The number of carbonyl (C=O) groups excluding carboxylic acids is 1. The summed E-state index contributed by atoms with van der Waals surface area (Å²) in [6.07, 6.45) is 0. The van der Waals surface area contributed by atoms with Crippen LogP contribution < -0.4 is 4.72 Å². The highest BCUT2D eigenvalue weighted by atomic mass is 32.2. The third-order valence-electron chi connectivity index (χ3n) is 3.64. The second-order valence-corrected chi connectivity index (χ2v) is 8.66. The van der Waals surface area contributed by atoms with E-state index in [9.17, 15) is 13.2 Å². The second kappa shape index (κ2) is 6.59. The first-order chi connectivity index (χ1) is 10.6. The largest absolute Gasteiger partial charge is 0.336 e. The molecule has 1 fully saturated rings. The molecular weight excluding hydrogens is 314 g/mol. The molecule has 1 aliphatic heterocycles. The van der Waals surface area contributed by atoms with Gasteiger partial charge in [-0.2, -0.15) is 0 Å². The standard InChI is InChI=1S/C16H25N3O3S/c1-16(2,3)17-23(21,22)14-7-5-13(6-8-14)15(20)19-11-9-18(4)10-12-19/h5-8,17H,9-12H2,1-4H3. The molecule has 128 valence electrons.